The third-order valence-corrected chi connectivity index (χ3v) is 6.19. The average Bonchev–Trinajstić information content (AvgIpc) is 2.89. The van der Waals surface area contributed by atoms with Gasteiger partial charge in [-0.3, -0.25) is 4.79 Å². The minimum absolute atomic E-state index is 0.0640. The summed E-state index contributed by atoms with van der Waals surface area (Å²) < 4.78 is 22.7. The van der Waals surface area contributed by atoms with Crippen molar-refractivity contribution >= 4 is 21.7 Å². The molecule has 7 nitrogen and oxygen atoms in total. The fourth-order valence-electron chi connectivity index (χ4n) is 3.92. The lowest BCUT2D eigenvalue weighted by molar-refractivity contribution is -0.133. The van der Waals surface area contributed by atoms with Gasteiger partial charge in [0.2, 0.25) is 11.9 Å². The number of aryl methyl sites for hydroxylation is 1. The number of aromatic nitrogens is 2. The molecule has 1 atom stereocenters. The van der Waals surface area contributed by atoms with Gasteiger partial charge in [-0.2, -0.15) is 0 Å². The zero-order chi connectivity index (χ0) is 18.2. The lowest BCUT2D eigenvalue weighted by Gasteiger charge is -2.40. The summed E-state index contributed by atoms with van der Waals surface area (Å²) in [4.78, 5) is 25.4. The van der Waals surface area contributed by atoms with Gasteiger partial charge in [-0.25, -0.2) is 18.4 Å². The van der Waals surface area contributed by atoms with E-state index in [-0.39, 0.29) is 23.5 Å². The van der Waals surface area contributed by atoms with E-state index in [2.05, 4.69) is 4.98 Å². The molecule has 0 saturated carbocycles. The number of carbonyl (C=O) groups is 1. The molecule has 3 rings (SSSR count). The van der Waals surface area contributed by atoms with Gasteiger partial charge in [0.1, 0.15) is 9.84 Å². The molecular weight excluding hydrogens is 340 g/mol. The molecule has 1 aromatic rings. The highest BCUT2D eigenvalue weighted by Crippen LogP contribution is 2.44. The summed E-state index contributed by atoms with van der Waals surface area (Å²) in [6.07, 6.45) is 7.00. The van der Waals surface area contributed by atoms with Gasteiger partial charge in [-0.1, -0.05) is 0 Å². The van der Waals surface area contributed by atoms with Crippen LogP contribution >= 0.6 is 0 Å². The number of piperidine rings is 1. The number of hydrogen-bond acceptors (Lipinski definition) is 6. The molecule has 25 heavy (non-hydrogen) atoms. The summed E-state index contributed by atoms with van der Waals surface area (Å²) in [5.41, 5.74) is 2.14. The normalized spacial score (nSPS) is 22.9. The number of rotatable bonds is 4. The molecule has 1 aromatic heterocycles. The van der Waals surface area contributed by atoms with Crippen molar-refractivity contribution in [2.75, 3.05) is 44.1 Å². The van der Waals surface area contributed by atoms with Crippen LogP contribution in [0.4, 0.5) is 5.95 Å². The molecular formula is C17H26N4O3S. The van der Waals surface area contributed by atoms with E-state index in [0.29, 0.717) is 19.0 Å². The van der Waals surface area contributed by atoms with Crippen LogP contribution in [-0.4, -0.2) is 68.4 Å². The van der Waals surface area contributed by atoms with E-state index in [9.17, 15) is 13.2 Å². The molecule has 1 unspecified atom stereocenters. The van der Waals surface area contributed by atoms with Gasteiger partial charge < -0.3 is 9.80 Å². The van der Waals surface area contributed by atoms with Crippen LogP contribution in [0, 0.1) is 0 Å². The third-order valence-electron chi connectivity index (χ3n) is 5.24. The van der Waals surface area contributed by atoms with Crippen LogP contribution in [0.2, 0.25) is 0 Å². The summed E-state index contributed by atoms with van der Waals surface area (Å²) in [6.45, 7) is 1.33. The number of anilines is 1. The van der Waals surface area contributed by atoms with Crippen molar-refractivity contribution < 1.29 is 13.2 Å². The molecule has 2 heterocycles. The van der Waals surface area contributed by atoms with Crippen molar-refractivity contribution in [3.63, 3.8) is 0 Å². The lowest BCUT2D eigenvalue weighted by Crippen LogP contribution is -2.48. The molecule has 0 radical (unpaired) electrons. The summed E-state index contributed by atoms with van der Waals surface area (Å²) in [6, 6.07) is 0. The first kappa shape index (κ1) is 18.1. The largest absolute Gasteiger partial charge is 0.347 e. The number of fused-ring (bicyclic) bond motifs is 2. The Morgan fingerprint density at radius 2 is 2.12 bits per heavy atom. The molecule has 1 aliphatic carbocycles. The van der Waals surface area contributed by atoms with Crippen LogP contribution in [0.25, 0.3) is 0 Å². The van der Waals surface area contributed by atoms with Crippen LogP contribution < -0.4 is 4.90 Å². The Hall–Kier alpha value is -1.70. The first-order valence-corrected chi connectivity index (χ1v) is 10.8. The smallest absolute Gasteiger partial charge is 0.225 e. The maximum atomic E-state index is 12.5. The molecule has 0 N–H and O–H groups in total. The zero-order valence-electron chi connectivity index (χ0n) is 15.2. The average molecular weight is 366 g/mol. The second-order valence-corrected chi connectivity index (χ2v) is 9.78. The van der Waals surface area contributed by atoms with Gasteiger partial charge in [0, 0.05) is 51.5 Å². The fourth-order valence-corrected chi connectivity index (χ4v) is 4.47. The molecule has 1 fully saturated rings. The van der Waals surface area contributed by atoms with Crippen LogP contribution in [0.15, 0.2) is 6.20 Å². The van der Waals surface area contributed by atoms with E-state index >= 15 is 0 Å². The molecule has 0 aromatic carbocycles. The van der Waals surface area contributed by atoms with Gasteiger partial charge in [-0.15, -0.1) is 0 Å². The monoisotopic (exact) mass is 366 g/mol. The first-order chi connectivity index (χ1) is 11.7. The quantitative estimate of drug-likeness (QED) is 0.783. The highest BCUT2D eigenvalue weighted by molar-refractivity contribution is 7.90. The number of carbonyl (C=O) groups excluding carboxylic acids is 1. The molecule has 8 heteroatoms. The Morgan fingerprint density at radius 1 is 1.36 bits per heavy atom. The van der Waals surface area contributed by atoms with E-state index in [4.69, 9.17) is 4.98 Å². The van der Waals surface area contributed by atoms with Gasteiger partial charge >= 0.3 is 0 Å². The third kappa shape index (κ3) is 3.78. The highest BCUT2D eigenvalue weighted by atomic mass is 32.2. The van der Waals surface area contributed by atoms with Crippen molar-refractivity contribution in [1.29, 1.82) is 0 Å². The molecule has 1 amide bonds. The molecule has 138 valence electrons. The van der Waals surface area contributed by atoms with Crippen LogP contribution in [-0.2, 0) is 26.5 Å². The predicted molar refractivity (Wildman–Crippen MR) is 96.5 cm³/mol. The van der Waals surface area contributed by atoms with Crippen molar-refractivity contribution in [2.45, 2.75) is 37.5 Å². The Balaban J connectivity index is 1.80. The summed E-state index contributed by atoms with van der Waals surface area (Å²) in [5, 5.41) is 0. The first-order valence-electron chi connectivity index (χ1n) is 8.69. The molecule has 1 aliphatic heterocycles. The van der Waals surface area contributed by atoms with E-state index in [1.807, 2.05) is 30.1 Å². The van der Waals surface area contributed by atoms with Gasteiger partial charge in [-0.05, 0) is 31.2 Å². The summed E-state index contributed by atoms with van der Waals surface area (Å²) in [5.74, 6) is 0.541. The van der Waals surface area contributed by atoms with E-state index in [1.165, 1.54) is 11.8 Å². The second-order valence-electron chi connectivity index (χ2n) is 7.52. The second kappa shape index (κ2) is 6.55. The Bertz CT molecular complexity index is 774. The standard InChI is InChI=1S/C17H26N4O3S/c1-20(2)16-18-11-13-5-8-17(15(13)19-16)7-4-9-21(12-17)14(22)6-10-25(3,23)24/h11H,4-10,12H2,1-3H3. The van der Waals surface area contributed by atoms with E-state index in [1.54, 1.807) is 0 Å². The summed E-state index contributed by atoms with van der Waals surface area (Å²) in [7, 11) is 0.721. The zero-order valence-corrected chi connectivity index (χ0v) is 16.0. The van der Waals surface area contributed by atoms with Gasteiger partial charge in [0.15, 0.2) is 0 Å². The molecule has 1 spiro atoms. The van der Waals surface area contributed by atoms with Crippen molar-refractivity contribution in [3.8, 4) is 0 Å². The number of likely N-dealkylation sites (tertiary alicyclic amines) is 1. The van der Waals surface area contributed by atoms with Crippen molar-refractivity contribution in [1.82, 2.24) is 14.9 Å². The molecule has 2 aliphatic rings. The fraction of sp³-hybridized carbons (Fsp3) is 0.706. The minimum Gasteiger partial charge on any atom is -0.347 e. The molecule has 1 saturated heterocycles. The van der Waals surface area contributed by atoms with E-state index in [0.717, 1.165) is 31.4 Å². The van der Waals surface area contributed by atoms with Gasteiger partial charge in [0.05, 0.1) is 11.4 Å². The molecule has 0 bridgehead atoms. The Morgan fingerprint density at radius 3 is 2.80 bits per heavy atom. The maximum absolute atomic E-state index is 12.5. The van der Waals surface area contributed by atoms with Crippen LogP contribution in [0.5, 0.6) is 0 Å². The SMILES string of the molecule is CN(C)c1ncc2c(n1)C1(CCCN(C(=O)CCS(C)(=O)=O)C1)CC2. The summed E-state index contributed by atoms with van der Waals surface area (Å²) >= 11 is 0. The maximum Gasteiger partial charge on any atom is 0.225 e. The topological polar surface area (TPSA) is 83.5 Å². The lowest BCUT2D eigenvalue weighted by atomic mass is 9.77. The van der Waals surface area contributed by atoms with E-state index < -0.39 is 9.84 Å². The highest BCUT2D eigenvalue weighted by Gasteiger charge is 2.44. The predicted octanol–water partition coefficient (Wildman–Crippen LogP) is 0.784. The van der Waals surface area contributed by atoms with Gasteiger partial charge in [0.25, 0.3) is 0 Å². The van der Waals surface area contributed by atoms with Crippen LogP contribution in [0.1, 0.15) is 36.9 Å². The number of hydrogen-bond donors (Lipinski definition) is 0. The van der Waals surface area contributed by atoms with Crippen molar-refractivity contribution in [2.24, 2.45) is 0 Å². The number of sulfone groups is 1. The van der Waals surface area contributed by atoms with Crippen LogP contribution in [0.3, 0.4) is 0 Å². The Kier molecular flexibility index (Phi) is 4.74. The minimum atomic E-state index is -3.12. The number of nitrogens with zero attached hydrogens (tertiary/aromatic N) is 4. The number of amides is 1. The Labute approximate surface area is 149 Å². The van der Waals surface area contributed by atoms with Crippen molar-refractivity contribution in [3.05, 3.63) is 17.5 Å².